The van der Waals surface area contributed by atoms with E-state index in [1.807, 2.05) is 31.0 Å². The Hall–Kier alpha value is -1.55. The molecule has 0 bridgehead atoms. The van der Waals surface area contributed by atoms with Crippen molar-refractivity contribution in [1.29, 1.82) is 0 Å². The highest BCUT2D eigenvalue weighted by Gasteiger charge is 2.30. The first-order chi connectivity index (χ1) is 8.69. The average molecular weight is 247 g/mol. The SMILES string of the molecule is CCN(C)C(=O)N1CCc2ccccc2C1CN. The number of carbonyl (C=O) groups is 1. The van der Waals surface area contributed by atoms with Gasteiger partial charge in [0.2, 0.25) is 0 Å². The standard InChI is InChI=1S/C14H21N3O/c1-3-16(2)14(18)17-9-8-11-6-4-5-7-12(11)13(17)10-15/h4-7,13H,3,8-10,15H2,1-2H3. The van der Waals surface area contributed by atoms with Crippen molar-refractivity contribution in [2.75, 3.05) is 26.7 Å². The molecule has 2 rings (SSSR count). The Morgan fingerprint density at radius 1 is 1.50 bits per heavy atom. The highest BCUT2D eigenvalue weighted by molar-refractivity contribution is 5.75. The van der Waals surface area contributed by atoms with E-state index >= 15 is 0 Å². The van der Waals surface area contributed by atoms with E-state index in [2.05, 4.69) is 12.1 Å². The molecule has 2 amide bonds. The van der Waals surface area contributed by atoms with Crippen LogP contribution in [0.2, 0.25) is 0 Å². The van der Waals surface area contributed by atoms with Crippen molar-refractivity contribution < 1.29 is 4.79 Å². The van der Waals surface area contributed by atoms with Crippen LogP contribution >= 0.6 is 0 Å². The molecule has 4 nitrogen and oxygen atoms in total. The average Bonchev–Trinajstić information content (AvgIpc) is 2.44. The maximum Gasteiger partial charge on any atom is 0.320 e. The lowest BCUT2D eigenvalue weighted by Crippen LogP contribution is -2.48. The Labute approximate surface area is 108 Å². The van der Waals surface area contributed by atoms with E-state index in [4.69, 9.17) is 5.73 Å². The third-order valence-electron chi connectivity index (χ3n) is 3.68. The van der Waals surface area contributed by atoms with Crippen LogP contribution in [0.15, 0.2) is 24.3 Å². The number of amides is 2. The molecule has 1 aromatic carbocycles. The molecule has 0 fully saturated rings. The summed E-state index contributed by atoms with van der Waals surface area (Å²) < 4.78 is 0. The van der Waals surface area contributed by atoms with Crippen molar-refractivity contribution in [2.24, 2.45) is 5.73 Å². The first kappa shape index (κ1) is 12.9. The van der Waals surface area contributed by atoms with Crippen LogP contribution in [-0.2, 0) is 6.42 Å². The Balaban J connectivity index is 2.28. The fraction of sp³-hybridized carbons (Fsp3) is 0.500. The summed E-state index contributed by atoms with van der Waals surface area (Å²) >= 11 is 0. The van der Waals surface area contributed by atoms with Crippen molar-refractivity contribution in [2.45, 2.75) is 19.4 Å². The summed E-state index contributed by atoms with van der Waals surface area (Å²) in [5.74, 6) is 0. The minimum atomic E-state index is 0.0106. The summed E-state index contributed by atoms with van der Waals surface area (Å²) in [5.41, 5.74) is 8.39. The van der Waals surface area contributed by atoms with Crippen LogP contribution in [0.3, 0.4) is 0 Å². The third-order valence-corrected chi connectivity index (χ3v) is 3.68. The fourth-order valence-electron chi connectivity index (χ4n) is 2.49. The van der Waals surface area contributed by atoms with Crippen LogP contribution in [0.4, 0.5) is 4.79 Å². The summed E-state index contributed by atoms with van der Waals surface area (Å²) in [7, 11) is 1.83. The van der Waals surface area contributed by atoms with Crippen LogP contribution in [0, 0.1) is 0 Å². The van der Waals surface area contributed by atoms with Crippen molar-refractivity contribution in [1.82, 2.24) is 9.80 Å². The van der Waals surface area contributed by atoms with Gasteiger partial charge < -0.3 is 15.5 Å². The number of urea groups is 1. The van der Waals surface area contributed by atoms with Crippen LogP contribution in [0.25, 0.3) is 0 Å². The van der Waals surface area contributed by atoms with Gasteiger partial charge in [-0.05, 0) is 24.5 Å². The summed E-state index contributed by atoms with van der Waals surface area (Å²) in [6, 6.07) is 8.35. The molecule has 2 N–H and O–H groups in total. The van der Waals surface area contributed by atoms with E-state index in [1.165, 1.54) is 11.1 Å². The van der Waals surface area contributed by atoms with Gasteiger partial charge in [-0.1, -0.05) is 24.3 Å². The number of carbonyl (C=O) groups excluding carboxylic acids is 1. The topological polar surface area (TPSA) is 49.6 Å². The zero-order chi connectivity index (χ0) is 13.1. The molecule has 18 heavy (non-hydrogen) atoms. The number of fused-ring (bicyclic) bond motifs is 1. The van der Waals surface area contributed by atoms with Gasteiger partial charge in [0.1, 0.15) is 0 Å². The minimum Gasteiger partial charge on any atom is -0.328 e. The number of hydrogen-bond donors (Lipinski definition) is 1. The number of hydrogen-bond acceptors (Lipinski definition) is 2. The monoisotopic (exact) mass is 247 g/mol. The molecular formula is C14H21N3O. The molecule has 1 atom stereocenters. The van der Waals surface area contributed by atoms with Crippen molar-refractivity contribution >= 4 is 6.03 Å². The third kappa shape index (κ3) is 2.20. The maximum atomic E-state index is 12.3. The normalized spacial score (nSPS) is 18.4. The Morgan fingerprint density at radius 2 is 2.22 bits per heavy atom. The largest absolute Gasteiger partial charge is 0.328 e. The first-order valence-corrected chi connectivity index (χ1v) is 6.48. The van der Waals surface area contributed by atoms with Crippen LogP contribution in [0.1, 0.15) is 24.1 Å². The molecule has 0 aromatic heterocycles. The summed E-state index contributed by atoms with van der Waals surface area (Å²) in [6.45, 7) is 3.92. The summed E-state index contributed by atoms with van der Waals surface area (Å²) in [6.07, 6.45) is 0.913. The van der Waals surface area contributed by atoms with Crippen LogP contribution in [0.5, 0.6) is 0 Å². The molecule has 98 valence electrons. The van der Waals surface area contributed by atoms with E-state index in [9.17, 15) is 4.79 Å². The second-order valence-corrected chi connectivity index (χ2v) is 4.69. The molecule has 0 saturated heterocycles. The second-order valence-electron chi connectivity index (χ2n) is 4.69. The number of rotatable bonds is 2. The van der Waals surface area contributed by atoms with Gasteiger partial charge in [0.05, 0.1) is 6.04 Å². The predicted octanol–water partition coefficient (Wildman–Crippen LogP) is 1.62. The minimum absolute atomic E-state index is 0.0106. The first-order valence-electron chi connectivity index (χ1n) is 6.48. The second kappa shape index (κ2) is 5.40. The van der Waals surface area contributed by atoms with Crippen molar-refractivity contribution in [3.63, 3.8) is 0 Å². The molecule has 1 aliphatic rings. The Kier molecular flexibility index (Phi) is 3.87. The van der Waals surface area contributed by atoms with Gasteiger partial charge in [0, 0.05) is 26.7 Å². The lowest BCUT2D eigenvalue weighted by molar-refractivity contribution is 0.140. The molecule has 4 heteroatoms. The number of nitrogens with two attached hydrogens (primary N) is 1. The van der Waals surface area contributed by atoms with Crippen molar-refractivity contribution in [3.8, 4) is 0 Å². The highest BCUT2D eigenvalue weighted by atomic mass is 16.2. The lowest BCUT2D eigenvalue weighted by Gasteiger charge is -2.38. The molecule has 1 aliphatic heterocycles. The van der Waals surface area contributed by atoms with Gasteiger partial charge in [-0.2, -0.15) is 0 Å². The summed E-state index contributed by atoms with van der Waals surface area (Å²) in [5, 5.41) is 0. The fourth-order valence-corrected chi connectivity index (χ4v) is 2.49. The van der Waals surface area contributed by atoms with Crippen molar-refractivity contribution in [3.05, 3.63) is 35.4 Å². The van der Waals surface area contributed by atoms with E-state index in [1.54, 1.807) is 4.90 Å². The smallest absolute Gasteiger partial charge is 0.320 e. The van der Waals surface area contributed by atoms with Gasteiger partial charge in [-0.3, -0.25) is 0 Å². The van der Waals surface area contributed by atoms with Crippen LogP contribution < -0.4 is 5.73 Å². The number of benzene rings is 1. The Morgan fingerprint density at radius 3 is 2.89 bits per heavy atom. The molecule has 0 spiro atoms. The van der Waals surface area contributed by atoms with E-state index < -0.39 is 0 Å². The molecule has 1 unspecified atom stereocenters. The summed E-state index contributed by atoms with van der Waals surface area (Å²) in [4.78, 5) is 15.9. The highest BCUT2D eigenvalue weighted by Crippen LogP contribution is 2.29. The maximum absolute atomic E-state index is 12.3. The number of nitrogens with zero attached hydrogens (tertiary/aromatic N) is 2. The zero-order valence-electron chi connectivity index (χ0n) is 11.1. The van der Waals surface area contributed by atoms with Gasteiger partial charge in [-0.25, -0.2) is 4.79 Å². The van der Waals surface area contributed by atoms with Gasteiger partial charge >= 0.3 is 6.03 Å². The molecular weight excluding hydrogens is 226 g/mol. The molecule has 1 aromatic rings. The van der Waals surface area contributed by atoms with E-state index in [0.717, 1.165) is 13.0 Å². The van der Waals surface area contributed by atoms with E-state index in [0.29, 0.717) is 13.1 Å². The van der Waals surface area contributed by atoms with Gasteiger partial charge in [0.15, 0.2) is 0 Å². The Bertz CT molecular complexity index is 433. The van der Waals surface area contributed by atoms with Gasteiger partial charge in [-0.15, -0.1) is 0 Å². The molecule has 0 saturated carbocycles. The lowest BCUT2D eigenvalue weighted by atomic mass is 9.93. The van der Waals surface area contributed by atoms with Crippen LogP contribution in [-0.4, -0.2) is 42.5 Å². The predicted molar refractivity (Wildman–Crippen MR) is 72.3 cm³/mol. The molecule has 0 radical (unpaired) electrons. The van der Waals surface area contributed by atoms with E-state index in [-0.39, 0.29) is 12.1 Å². The molecule has 1 heterocycles. The van der Waals surface area contributed by atoms with Gasteiger partial charge in [0.25, 0.3) is 0 Å². The molecule has 0 aliphatic carbocycles. The quantitative estimate of drug-likeness (QED) is 0.863. The zero-order valence-corrected chi connectivity index (χ0v) is 11.1.